The van der Waals surface area contributed by atoms with Gasteiger partial charge in [0.1, 0.15) is 11.6 Å². The van der Waals surface area contributed by atoms with E-state index in [1.165, 1.54) is 9.96 Å². The maximum Gasteiger partial charge on any atom is 0.349 e. The van der Waals surface area contributed by atoms with E-state index in [1.807, 2.05) is 18.2 Å². The van der Waals surface area contributed by atoms with E-state index in [2.05, 4.69) is 39.6 Å². The third-order valence-electron chi connectivity index (χ3n) is 3.50. The fourth-order valence-corrected chi connectivity index (χ4v) is 2.46. The average Bonchev–Trinajstić information content (AvgIpc) is 2.87. The minimum absolute atomic E-state index is 0.172. The van der Waals surface area contributed by atoms with Crippen LogP contribution in [0.1, 0.15) is 30.8 Å². The molecule has 3 aromatic rings. The molecule has 0 amide bonds. The van der Waals surface area contributed by atoms with Crippen LogP contribution in [0.15, 0.2) is 41.2 Å². The van der Waals surface area contributed by atoms with Crippen molar-refractivity contribution in [3.8, 4) is 0 Å². The van der Waals surface area contributed by atoms with Gasteiger partial charge in [-0.1, -0.05) is 37.3 Å². The highest BCUT2D eigenvalue weighted by Gasteiger charge is 2.12. The van der Waals surface area contributed by atoms with Gasteiger partial charge in [0.2, 0.25) is 0 Å². The molecule has 0 bridgehead atoms. The van der Waals surface area contributed by atoms with E-state index in [0.29, 0.717) is 11.5 Å². The number of hydrogen-bond donors (Lipinski definition) is 2. The molecule has 1 aromatic carbocycles. The van der Waals surface area contributed by atoms with Gasteiger partial charge in [-0.2, -0.15) is 5.10 Å². The molecule has 0 saturated heterocycles. The quantitative estimate of drug-likeness (QED) is 0.770. The lowest BCUT2D eigenvalue weighted by Crippen LogP contribution is -2.15. The predicted molar refractivity (Wildman–Crippen MR) is 81.4 cm³/mol. The summed E-state index contributed by atoms with van der Waals surface area (Å²) in [7, 11) is 0. The number of aryl methyl sites for hydroxylation is 1. The highest BCUT2D eigenvalue weighted by molar-refractivity contribution is 5.50. The van der Waals surface area contributed by atoms with Crippen molar-refractivity contribution < 1.29 is 0 Å². The molecular formula is C15H17N5O. The van der Waals surface area contributed by atoms with Crippen LogP contribution < -0.4 is 11.0 Å². The van der Waals surface area contributed by atoms with E-state index in [1.54, 1.807) is 13.0 Å². The fourth-order valence-electron chi connectivity index (χ4n) is 2.46. The minimum atomic E-state index is -0.267. The molecule has 0 saturated carbocycles. The summed E-state index contributed by atoms with van der Waals surface area (Å²) in [6, 6.07) is 12.2. The fraction of sp³-hybridized carbons (Fsp3) is 0.267. The van der Waals surface area contributed by atoms with Crippen molar-refractivity contribution in [3.63, 3.8) is 0 Å². The van der Waals surface area contributed by atoms with Gasteiger partial charge in [0.25, 0.3) is 0 Å². The summed E-state index contributed by atoms with van der Waals surface area (Å²) in [5.41, 5.74) is 1.51. The molecule has 2 N–H and O–H groups in total. The Bertz CT molecular complexity index is 806. The summed E-state index contributed by atoms with van der Waals surface area (Å²) >= 11 is 0. The second-order valence-electron chi connectivity index (χ2n) is 4.93. The summed E-state index contributed by atoms with van der Waals surface area (Å²) in [6.45, 7) is 3.91. The Kier molecular flexibility index (Phi) is 3.43. The van der Waals surface area contributed by atoms with Gasteiger partial charge in [0, 0.05) is 6.07 Å². The molecule has 0 fully saturated rings. The lowest BCUT2D eigenvalue weighted by molar-refractivity contribution is 0.742. The van der Waals surface area contributed by atoms with Crippen LogP contribution in [0, 0.1) is 6.92 Å². The Morgan fingerprint density at radius 1 is 1.33 bits per heavy atom. The smallest absolute Gasteiger partial charge is 0.349 e. The lowest BCUT2D eigenvalue weighted by Gasteiger charge is -2.18. The first kappa shape index (κ1) is 13.4. The van der Waals surface area contributed by atoms with Crippen LogP contribution in [0.5, 0.6) is 0 Å². The van der Waals surface area contributed by atoms with Crippen LogP contribution in [0.3, 0.4) is 0 Å². The zero-order valence-electron chi connectivity index (χ0n) is 12.0. The molecule has 1 unspecified atom stereocenters. The van der Waals surface area contributed by atoms with Crippen LogP contribution >= 0.6 is 0 Å². The molecule has 0 spiro atoms. The van der Waals surface area contributed by atoms with Crippen molar-refractivity contribution in [1.82, 2.24) is 19.6 Å². The van der Waals surface area contributed by atoms with E-state index in [4.69, 9.17) is 0 Å². The molecular weight excluding hydrogens is 266 g/mol. The van der Waals surface area contributed by atoms with Crippen molar-refractivity contribution in [1.29, 1.82) is 0 Å². The molecule has 0 radical (unpaired) electrons. The molecule has 3 rings (SSSR count). The standard InChI is InChI=1S/C15H17N5O/c1-3-12(11-7-5-4-6-8-11)17-13-9-14-18-19-15(21)20(14)10(2)16-13/h4-9,12,17H,3H2,1-2H3,(H,19,21). The summed E-state index contributed by atoms with van der Waals surface area (Å²) in [5.74, 6) is 1.33. The van der Waals surface area contributed by atoms with E-state index < -0.39 is 0 Å². The molecule has 2 heterocycles. The number of rotatable bonds is 4. The largest absolute Gasteiger partial charge is 0.363 e. The Morgan fingerprint density at radius 2 is 2.10 bits per heavy atom. The Morgan fingerprint density at radius 3 is 2.81 bits per heavy atom. The van der Waals surface area contributed by atoms with Crippen LogP contribution in [0.25, 0.3) is 5.65 Å². The monoisotopic (exact) mass is 283 g/mol. The van der Waals surface area contributed by atoms with Crippen LogP contribution in [0.2, 0.25) is 0 Å². The van der Waals surface area contributed by atoms with Gasteiger partial charge in [-0.3, -0.25) is 0 Å². The summed E-state index contributed by atoms with van der Waals surface area (Å²) < 4.78 is 1.45. The van der Waals surface area contributed by atoms with Crippen LogP contribution in [-0.2, 0) is 0 Å². The number of benzene rings is 1. The molecule has 1 atom stereocenters. The van der Waals surface area contributed by atoms with Gasteiger partial charge in [-0.25, -0.2) is 19.3 Å². The second-order valence-corrected chi connectivity index (χ2v) is 4.93. The number of anilines is 1. The minimum Gasteiger partial charge on any atom is -0.363 e. The van der Waals surface area contributed by atoms with Gasteiger partial charge >= 0.3 is 5.69 Å². The number of aromatic amines is 1. The normalized spacial score (nSPS) is 12.5. The van der Waals surface area contributed by atoms with E-state index in [9.17, 15) is 4.79 Å². The molecule has 2 aromatic heterocycles. The number of hydrogen-bond acceptors (Lipinski definition) is 4. The highest BCUT2D eigenvalue weighted by Crippen LogP contribution is 2.21. The molecule has 108 valence electrons. The van der Waals surface area contributed by atoms with Crippen molar-refractivity contribution in [3.05, 3.63) is 58.3 Å². The first-order valence-electron chi connectivity index (χ1n) is 6.95. The first-order chi connectivity index (χ1) is 10.2. The maximum atomic E-state index is 11.6. The van der Waals surface area contributed by atoms with Crippen molar-refractivity contribution in [2.24, 2.45) is 0 Å². The van der Waals surface area contributed by atoms with E-state index in [-0.39, 0.29) is 11.7 Å². The predicted octanol–water partition coefficient (Wildman–Crippen LogP) is 2.29. The Balaban J connectivity index is 1.95. The van der Waals surface area contributed by atoms with Crippen molar-refractivity contribution >= 4 is 11.5 Å². The number of nitrogens with zero attached hydrogens (tertiary/aromatic N) is 3. The SMILES string of the molecule is CCC(Nc1cc2n[nH]c(=O)n2c(C)n1)c1ccccc1. The third-order valence-corrected chi connectivity index (χ3v) is 3.50. The topological polar surface area (TPSA) is 75.1 Å². The van der Waals surface area contributed by atoms with Crippen LogP contribution in [-0.4, -0.2) is 19.6 Å². The maximum absolute atomic E-state index is 11.6. The molecule has 6 heteroatoms. The van der Waals surface area contributed by atoms with E-state index >= 15 is 0 Å². The lowest BCUT2D eigenvalue weighted by atomic mass is 10.0. The highest BCUT2D eigenvalue weighted by atomic mass is 16.1. The molecule has 0 aliphatic heterocycles. The zero-order valence-corrected chi connectivity index (χ0v) is 12.0. The summed E-state index contributed by atoms with van der Waals surface area (Å²) in [6.07, 6.45) is 0.934. The zero-order chi connectivity index (χ0) is 14.8. The number of nitrogens with one attached hydrogen (secondary N) is 2. The number of aromatic nitrogens is 4. The molecule has 0 aliphatic rings. The summed E-state index contributed by atoms with van der Waals surface area (Å²) in [4.78, 5) is 16.0. The van der Waals surface area contributed by atoms with Gasteiger partial charge in [-0.05, 0) is 18.9 Å². The number of fused-ring (bicyclic) bond motifs is 1. The third kappa shape index (κ3) is 2.52. The first-order valence-corrected chi connectivity index (χ1v) is 6.95. The second kappa shape index (κ2) is 5.40. The molecule has 6 nitrogen and oxygen atoms in total. The number of H-pyrrole nitrogens is 1. The Labute approximate surface area is 121 Å². The van der Waals surface area contributed by atoms with Gasteiger partial charge < -0.3 is 5.32 Å². The van der Waals surface area contributed by atoms with E-state index in [0.717, 1.165) is 12.2 Å². The summed E-state index contributed by atoms with van der Waals surface area (Å²) in [5, 5.41) is 9.83. The van der Waals surface area contributed by atoms with Gasteiger partial charge in [-0.15, -0.1) is 0 Å². The molecule has 21 heavy (non-hydrogen) atoms. The van der Waals surface area contributed by atoms with Crippen molar-refractivity contribution in [2.75, 3.05) is 5.32 Å². The van der Waals surface area contributed by atoms with Crippen LogP contribution in [0.4, 0.5) is 5.82 Å². The molecule has 0 aliphatic carbocycles. The van der Waals surface area contributed by atoms with Crippen molar-refractivity contribution in [2.45, 2.75) is 26.3 Å². The van der Waals surface area contributed by atoms with Gasteiger partial charge in [0.05, 0.1) is 6.04 Å². The van der Waals surface area contributed by atoms with Gasteiger partial charge in [0.15, 0.2) is 5.65 Å². The Hall–Kier alpha value is -2.63. The average molecular weight is 283 g/mol.